The van der Waals surface area contributed by atoms with Gasteiger partial charge in [-0.1, -0.05) is 32.9 Å². The fourth-order valence-corrected chi connectivity index (χ4v) is 3.34. The largest absolute Gasteiger partial charge is 0.486 e. The minimum Gasteiger partial charge on any atom is -0.486 e. The van der Waals surface area contributed by atoms with Crippen LogP contribution in [0.2, 0.25) is 0 Å². The zero-order valence-corrected chi connectivity index (χ0v) is 16.9. The van der Waals surface area contributed by atoms with Crippen molar-refractivity contribution in [1.29, 1.82) is 0 Å². The SMILES string of the molecule is Cc1ccsc1/C=N\n1c(COc2ccc(C(C)(C)C)cc2)n[nH]c1=S. The van der Waals surface area contributed by atoms with Crippen molar-refractivity contribution in [3.63, 3.8) is 0 Å². The molecule has 0 amide bonds. The topological polar surface area (TPSA) is 55.2 Å². The van der Waals surface area contributed by atoms with E-state index in [4.69, 9.17) is 17.0 Å². The lowest BCUT2D eigenvalue weighted by molar-refractivity contribution is 0.290. The number of benzene rings is 1. The summed E-state index contributed by atoms with van der Waals surface area (Å²) in [5, 5.41) is 13.5. The van der Waals surface area contributed by atoms with Crippen LogP contribution in [0.3, 0.4) is 0 Å². The van der Waals surface area contributed by atoms with Gasteiger partial charge in [-0.05, 0) is 59.3 Å². The molecule has 3 aromatic rings. The molecule has 0 aliphatic carbocycles. The molecule has 0 radical (unpaired) electrons. The van der Waals surface area contributed by atoms with Gasteiger partial charge in [0.2, 0.25) is 4.77 Å². The molecule has 0 fully saturated rings. The zero-order valence-electron chi connectivity index (χ0n) is 15.3. The first-order valence-electron chi connectivity index (χ1n) is 8.32. The van der Waals surface area contributed by atoms with E-state index < -0.39 is 0 Å². The summed E-state index contributed by atoms with van der Waals surface area (Å²) in [5.74, 6) is 1.41. The van der Waals surface area contributed by atoms with Gasteiger partial charge in [0.05, 0.1) is 11.1 Å². The Morgan fingerprint density at radius 2 is 2.00 bits per heavy atom. The summed E-state index contributed by atoms with van der Waals surface area (Å²) in [4.78, 5) is 1.10. The molecule has 3 rings (SSSR count). The normalized spacial score (nSPS) is 12.0. The van der Waals surface area contributed by atoms with Gasteiger partial charge in [-0.3, -0.25) is 0 Å². The summed E-state index contributed by atoms with van der Waals surface area (Å²) in [5.41, 5.74) is 2.57. The highest BCUT2D eigenvalue weighted by atomic mass is 32.1. The van der Waals surface area contributed by atoms with Gasteiger partial charge in [0.15, 0.2) is 5.82 Å². The first kappa shape index (κ1) is 18.5. The quantitative estimate of drug-likeness (QED) is 0.492. The molecule has 1 N–H and O–H groups in total. The Kier molecular flexibility index (Phi) is 5.38. The van der Waals surface area contributed by atoms with Crippen molar-refractivity contribution in [2.24, 2.45) is 5.10 Å². The summed E-state index contributed by atoms with van der Waals surface area (Å²) >= 11 is 6.91. The average molecular weight is 387 g/mol. The Morgan fingerprint density at radius 1 is 1.27 bits per heavy atom. The van der Waals surface area contributed by atoms with E-state index in [1.807, 2.05) is 17.5 Å². The molecule has 2 aromatic heterocycles. The number of ether oxygens (including phenoxy) is 1. The Bertz CT molecular complexity index is 959. The van der Waals surface area contributed by atoms with E-state index in [0.717, 1.165) is 10.6 Å². The smallest absolute Gasteiger partial charge is 0.216 e. The Morgan fingerprint density at radius 3 is 2.62 bits per heavy atom. The Balaban J connectivity index is 1.72. The number of hydrogen-bond donors (Lipinski definition) is 1. The first-order valence-corrected chi connectivity index (χ1v) is 9.61. The van der Waals surface area contributed by atoms with Gasteiger partial charge in [-0.2, -0.15) is 14.9 Å². The molecule has 0 atom stereocenters. The molecule has 0 saturated heterocycles. The van der Waals surface area contributed by atoms with Gasteiger partial charge in [-0.15, -0.1) is 11.3 Å². The minimum absolute atomic E-state index is 0.121. The first-order chi connectivity index (χ1) is 12.3. The highest BCUT2D eigenvalue weighted by Gasteiger charge is 2.13. The Labute approximate surface area is 162 Å². The number of nitrogens with one attached hydrogen (secondary N) is 1. The molecular weight excluding hydrogens is 364 g/mol. The van der Waals surface area contributed by atoms with E-state index in [-0.39, 0.29) is 12.0 Å². The fourth-order valence-electron chi connectivity index (χ4n) is 2.36. The van der Waals surface area contributed by atoms with Crippen LogP contribution in [0.25, 0.3) is 0 Å². The molecule has 1 aromatic carbocycles. The van der Waals surface area contributed by atoms with Crippen LogP contribution in [-0.2, 0) is 12.0 Å². The number of thiophene rings is 1. The molecule has 5 nitrogen and oxygen atoms in total. The van der Waals surface area contributed by atoms with E-state index in [2.05, 4.69) is 61.2 Å². The van der Waals surface area contributed by atoms with Gasteiger partial charge < -0.3 is 4.74 Å². The molecule has 2 heterocycles. The van der Waals surface area contributed by atoms with Gasteiger partial charge in [0.25, 0.3) is 0 Å². The Hall–Kier alpha value is -2.25. The summed E-state index contributed by atoms with van der Waals surface area (Å²) in [7, 11) is 0. The number of aryl methyl sites for hydroxylation is 1. The molecule has 26 heavy (non-hydrogen) atoms. The standard InChI is InChI=1S/C19H22N4OS2/c1-13-9-10-26-16(13)11-20-23-17(21-22-18(23)25)12-24-15-7-5-14(6-8-15)19(2,3)4/h5-11H,12H2,1-4H3,(H,22,25)/b20-11-. The van der Waals surface area contributed by atoms with Crippen LogP contribution in [0.5, 0.6) is 5.75 Å². The van der Waals surface area contributed by atoms with E-state index in [1.54, 1.807) is 22.2 Å². The van der Waals surface area contributed by atoms with Crippen molar-refractivity contribution in [1.82, 2.24) is 14.9 Å². The monoisotopic (exact) mass is 386 g/mol. The van der Waals surface area contributed by atoms with Crippen molar-refractivity contribution in [3.05, 3.63) is 62.3 Å². The number of nitrogens with zero attached hydrogens (tertiary/aromatic N) is 3. The van der Waals surface area contributed by atoms with Gasteiger partial charge in [0.1, 0.15) is 12.4 Å². The fraction of sp³-hybridized carbons (Fsp3) is 0.316. The van der Waals surface area contributed by atoms with Crippen molar-refractivity contribution in [3.8, 4) is 5.75 Å². The second-order valence-electron chi connectivity index (χ2n) is 7.03. The van der Waals surface area contributed by atoms with Crippen LogP contribution in [0.1, 0.15) is 42.6 Å². The zero-order chi connectivity index (χ0) is 18.7. The van der Waals surface area contributed by atoms with Crippen LogP contribution in [0.15, 0.2) is 40.8 Å². The second-order valence-corrected chi connectivity index (χ2v) is 8.37. The van der Waals surface area contributed by atoms with E-state index in [0.29, 0.717) is 10.6 Å². The third-order valence-corrected chi connectivity index (χ3v) is 5.22. The molecule has 0 bridgehead atoms. The van der Waals surface area contributed by atoms with Gasteiger partial charge in [0, 0.05) is 0 Å². The molecule has 0 unspecified atom stereocenters. The average Bonchev–Trinajstić information content (AvgIpc) is 3.16. The number of H-pyrrole nitrogens is 1. The summed E-state index contributed by atoms with van der Waals surface area (Å²) in [6.45, 7) is 8.90. The van der Waals surface area contributed by atoms with Crippen molar-refractivity contribution < 1.29 is 4.74 Å². The molecule has 136 valence electrons. The molecule has 0 saturated carbocycles. The maximum atomic E-state index is 5.85. The molecular formula is C19H22N4OS2. The maximum Gasteiger partial charge on any atom is 0.216 e. The summed E-state index contributed by atoms with van der Waals surface area (Å²) < 4.78 is 7.89. The van der Waals surface area contributed by atoms with Crippen LogP contribution in [0.4, 0.5) is 0 Å². The number of aromatic nitrogens is 3. The van der Waals surface area contributed by atoms with E-state index in [1.165, 1.54) is 11.1 Å². The lowest BCUT2D eigenvalue weighted by Crippen LogP contribution is -2.10. The molecule has 0 aliphatic rings. The predicted molar refractivity (Wildman–Crippen MR) is 109 cm³/mol. The van der Waals surface area contributed by atoms with Crippen LogP contribution in [0, 0.1) is 11.7 Å². The van der Waals surface area contributed by atoms with E-state index >= 15 is 0 Å². The van der Waals surface area contributed by atoms with Crippen molar-refractivity contribution >= 4 is 29.8 Å². The number of aromatic amines is 1. The van der Waals surface area contributed by atoms with Crippen molar-refractivity contribution in [2.45, 2.75) is 39.7 Å². The summed E-state index contributed by atoms with van der Waals surface area (Å²) in [6, 6.07) is 10.2. The van der Waals surface area contributed by atoms with E-state index in [9.17, 15) is 0 Å². The lowest BCUT2D eigenvalue weighted by atomic mass is 9.87. The number of rotatable bonds is 5. The predicted octanol–water partition coefficient (Wildman–Crippen LogP) is 5.07. The summed E-state index contributed by atoms with van der Waals surface area (Å²) in [6.07, 6.45) is 1.80. The second kappa shape index (κ2) is 7.55. The lowest BCUT2D eigenvalue weighted by Gasteiger charge is -2.19. The third-order valence-electron chi connectivity index (χ3n) is 4.00. The highest BCUT2D eigenvalue weighted by molar-refractivity contribution is 7.71. The van der Waals surface area contributed by atoms with Gasteiger partial charge in [-0.25, -0.2) is 5.10 Å². The highest BCUT2D eigenvalue weighted by Crippen LogP contribution is 2.24. The number of hydrogen-bond acceptors (Lipinski definition) is 5. The third kappa shape index (κ3) is 4.28. The molecule has 0 spiro atoms. The van der Waals surface area contributed by atoms with Gasteiger partial charge >= 0.3 is 0 Å². The van der Waals surface area contributed by atoms with Crippen LogP contribution >= 0.6 is 23.6 Å². The maximum absolute atomic E-state index is 5.85. The minimum atomic E-state index is 0.121. The molecule has 7 heteroatoms. The molecule has 0 aliphatic heterocycles. The van der Waals surface area contributed by atoms with Crippen LogP contribution < -0.4 is 4.74 Å². The van der Waals surface area contributed by atoms with Crippen LogP contribution in [-0.4, -0.2) is 21.1 Å². The van der Waals surface area contributed by atoms with Crippen molar-refractivity contribution in [2.75, 3.05) is 0 Å².